The summed E-state index contributed by atoms with van der Waals surface area (Å²) in [4.78, 5) is 3.98. The molecule has 0 bridgehead atoms. The van der Waals surface area contributed by atoms with E-state index in [9.17, 15) is 13.5 Å². The number of aromatic nitrogens is 1. The molecular weight excluding hydrogens is 292 g/mol. The van der Waals surface area contributed by atoms with Crippen molar-refractivity contribution >= 4 is 26.6 Å². The van der Waals surface area contributed by atoms with E-state index >= 15 is 0 Å². The highest BCUT2D eigenvalue weighted by Gasteiger charge is 2.22. The molecule has 0 aliphatic carbocycles. The van der Waals surface area contributed by atoms with Crippen LogP contribution >= 0.6 is 0 Å². The molecule has 0 radical (unpaired) electrons. The molecule has 0 saturated carbocycles. The number of sulfone groups is 1. The van der Waals surface area contributed by atoms with Crippen molar-refractivity contribution in [3.8, 4) is 5.75 Å². The van der Waals surface area contributed by atoms with Gasteiger partial charge in [-0.25, -0.2) is 8.42 Å². The van der Waals surface area contributed by atoms with Crippen molar-refractivity contribution in [3.63, 3.8) is 0 Å². The lowest BCUT2D eigenvalue weighted by atomic mass is 10.2. The van der Waals surface area contributed by atoms with Crippen LogP contribution in [-0.4, -0.2) is 18.5 Å². The summed E-state index contributed by atoms with van der Waals surface area (Å²) in [6.07, 6.45) is 0. The standard InChI is InChI=1S/C14H12N2O4S/c15-10-3-6-12-13(7-10)20-14(16-12)21(18,19)8-9-1-4-11(17)5-2-9/h1-7,17H,8,15H2. The second-order valence-corrected chi connectivity index (χ2v) is 6.50. The fraction of sp³-hybridized carbons (Fsp3) is 0.0714. The highest BCUT2D eigenvalue weighted by Crippen LogP contribution is 2.23. The van der Waals surface area contributed by atoms with Crippen molar-refractivity contribution in [1.82, 2.24) is 4.98 Å². The third-order valence-corrected chi connectivity index (χ3v) is 4.37. The smallest absolute Gasteiger partial charge is 0.316 e. The van der Waals surface area contributed by atoms with E-state index in [0.29, 0.717) is 22.4 Å². The summed E-state index contributed by atoms with van der Waals surface area (Å²) in [6, 6.07) is 10.7. The van der Waals surface area contributed by atoms with Crippen molar-refractivity contribution in [2.45, 2.75) is 11.0 Å². The summed E-state index contributed by atoms with van der Waals surface area (Å²) in [5.74, 6) is -0.177. The van der Waals surface area contributed by atoms with E-state index < -0.39 is 9.84 Å². The molecule has 0 unspecified atom stereocenters. The van der Waals surface area contributed by atoms with Gasteiger partial charge in [-0.2, -0.15) is 4.98 Å². The number of fused-ring (bicyclic) bond motifs is 1. The third-order valence-electron chi connectivity index (χ3n) is 2.95. The van der Waals surface area contributed by atoms with Crippen LogP contribution in [0.2, 0.25) is 0 Å². The molecule has 7 heteroatoms. The molecule has 0 atom stereocenters. The Bertz CT molecular complexity index is 898. The van der Waals surface area contributed by atoms with E-state index in [1.165, 1.54) is 30.3 Å². The van der Waals surface area contributed by atoms with Gasteiger partial charge in [0.2, 0.25) is 9.84 Å². The van der Waals surface area contributed by atoms with Gasteiger partial charge < -0.3 is 15.3 Å². The van der Waals surface area contributed by atoms with E-state index in [0.717, 1.165) is 0 Å². The molecule has 3 N–H and O–H groups in total. The lowest BCUT2D eigenvalue weighted by molar-refractivity contribution is 0.458. The molecule has 1 aromatic heterocycles. The summed E-state index contributed by atoms with van der Waals surface area (Å²) < 4.78 is 29.9. The zero-order valence-corrected chi connectivity index (χ0v) is 11.7. The Kier molecular flexibility index (Phi) is 3.06. The van der Waals surface area contributed by atoms with Crippen molar-refractivity contribution in [2.75, 3.05) is 5.73 Å². The minimum atomic E-state index is -3.70. The molecule has 0 aliphatic rings. The van der Waals surface area contributed by atoms with Gasteiger partial charge in [-0.15, -0.1) is 0 Å². The SMILES string of the molecule is Nc1ccc2nc(S(=O)(=O)Cc3ccc(O)cc3)oc2c1. The topological polar surface area (TPSA) is 106 Å². The molecule has 0 fully saturated rings. The van der Waals surface area contributed by atoms with Gasteiger partial charge in [-0.05, 0) is 29.8 Å². The number of nitrogens with zero attached hydrogens (tertiary/aromatic N) is 1. The highest BCUT2D eigenvalue weighted by molar-refractivity contribution is 7.90. The number of hydrogen-bond donors (Lipinski definition) is 2. The van der Waals surface area contributed by atoms with E-state index in [4.69, 9.17) is 10.2 Å². The van der Waals surface area contributed by atoms with Crippen LogP contribution in [0.25, 0.3) is 11.1 Å². The monoisotopic (exact) mass is 304 g/mol. The molecule has 0 spiro atoms. The first-order valence-electron chi connectivity index (χ1n) is 6.11. The maximum Gasteiger partial charge on any atom is 0.316 e. The van der Waals surface area contributed by atoms with Gasteiger partial charge in [0, 0.05) is 11.8 Å². The second-order valence-electron chi connectivity index (χ2n) is 4.63. The Hall–Kier alpha value is -2.54. The predicted octanol–water partition coefficient (Wildman–Crippen LogP) is 2.09. The van der Waals surface area contributed by atoms with E-state index in [2.05, 4.69) is 4.98 Å². The minimum absolute atomic E-state index is 0.0773. The Labute approximate surface area is 120 Å². The number of phenolic OH excluding ortho intramolecular Hbond substituents is 1. The number of nitrogens with two attached hydrogens (primary N) is 1. The number of phenols is 1. The van der Waals surface area contributed by atoms with Gasteiger partial charge in [-0.3, -0.25) is 0 Å². The number of nitrogen functional groups attached to an aromatic ring is 1. The average molecular weight is 304 g/mol. The van der Waals surface area contributed by atoms with Gasteiger partial charge in [0.05, 0.1) is 5.75 Å². The van der Waals surface area contributed by atoms with Crippen LogP contribution < -0.4 is 5.73 Å². The molecular formula is C14H12N2O4S. The van der Waals surface area contributed by atoms with Gasteiger partial charge in [-0.1, -0.05) is 12.1 Å². The van der Waals surface area contributed by atoms with Gasteiger partial charge >= 0.3 is 5.22 Å². The van der Waals surface area contributed by atoms with Crippen molar-refractivity contribution in [2.24, 2.45) is 0 Å². The number of hydrogen-bond acceptors (Lipinski definition) is 6. The lowest BCUT2D eigenvalue weighted by Gasteiger charge is -2.00. The third kappa shape index (κ3) is 2.68. The van der Waals surface area contributed by atoms with Crippen LogP contribution in [0.3, 0.4) is 0 Å². The van der Waals surface area contributed by atoms with Crippen molar-refractivity contribution < 1.29 is 17.9 Å². The maximum atomic E-state index is 12.3. The van der Waals surface area contributed by atoms with Crippen LogP contribution in [0.5, 0.6) is 5.75 Å². The molecule has 3 aromatic rings. The molecule has 21 heavy (non-hydrogen) atoms. The molecule has 3 rings (SSSR count). The summed E-state index contributed by atoms with van der Waals surface area (Å²) in [7, 11) is -3.70. The van der Waals surface area contributed by atoms with E-state index in [-0.39, 0.29) is 16.7 Å². The Morgan fingerprint density at radius 2 is 1.86 bits per heavy atom. The average Bonchev–Trinajstić information content (AvgIpc) is 2.85. The molecule has 1 heterocycles. The molecule has 108 valence electrons. The van der Waals surface area contributed by atoms with Crippen LogP contribution in [0.15, 0.2) is 52.1 Å². The molecule has 2 aromatic carbocycles. The summed E-state index contributed by atoms with van der Waals surface area (Å²) in [6.45, 7) is 0. The molecule has 0 aliphatic heterocycles. The first-order chi connectivity index (χ1) is 9.94. The largest absolute Gasteiger partial charge is 0.508 e. The predicted molar refractivity (Wildman–Crippen MR) is 77.4 cm³/mol. The first kappa shape index (κ1) is 13.4. The Balaban J connectivity index is 1.97. The normalized spacial score (nSPS) is 11.8. The summed E-state index contributed by atoms with van der Waals surface area (Å²) >= 11 is 0. The second kappa shape index (κ2) is 4.78. The quantitative estimate of drug-likeness (QED) is 0.718. The zero-order chi connectivity index (χ0) is 15.0. The van der Waals surface area contributed by atoms with E-state index in [1.54, 1.807) is 12.1 Å². The Morgan fingerprint density at radius 3 is 2.57 bits per heavy atom. The van der Waals surface area contributed by atoms with E-state index in [1.807, 2.05) is 0 Å². The Morgan fingerprint density at radius 1 is 1.14 bits per heavy atom. The van der Waals surface area contributed by atoms with Gasteiger partial charge in [0.15, 0.2) is 5.58 Å². The maximum absolute atomic E-state index is 12.3. The van der Waals surface area contributed by atoms with Crippen LogP contribution in [0.4, 0.5) is 5.69 Å². The minimum Gasteiger partial charge on any atom is -0.508 e. The number of oxazole rings is 1. The van der Waals surface area contributed by atoms with Crippen molar-refractivity contribution in [1.29, 1.82) is 0 Å². The van der Waals surface area contributed by atoms with Crippen molar-refractivity contribution in [3.05, 3.63) is 48.0 Å². The lowest BCUT2D eigenvalue weighted by Crippen LogP contribution is -2.05. The summed E-state index contributed by atoms with van der Waals surface area (Å²) in [5, 5.41) is 8.86. The molecule has 0 amide bonds. The van der Waals surface area contributed by atoms with Crippen LogP contribution in [-0.2, 0) is 15.6 Å². The van der Waals surface area contributed by atoms with Gasteiger partial charge in [0.25, 0.3) is 0 Å². The first-order valence-corrected chi connectivity index (χ1v) is 7.76. The number of rotatable bonds is 3. The number of aromatic hydroxyl groups is 1. The van der Waals surface area contributed by atoms with Crippen LogP contribution in [0, 0.1) is 0 Å². The number of anilines is 1. The zero-order valence-electron chi connectivity index (χ0n) is 10.9. The fourth-order valence-electron chi connectivity index (χ4n) is 1.93. The van der Waals surface area contributed by atoms with Gasteiger partial charge in [0.1, 0.15) is 11.3 Å². The highest BCUT2D eigenvalue weighted by atomic mass is 32.2. The fourth-order valence-corrected chi connectivity index (χ4v) is 3.14. The molecule has 0 saturated heterocycles. The molecule has 6 nitrogen and oxygen atoms in total. The number of benzene rings is 2. The summed E-state index contributed by atoms with van der Waals surface area (Å²) in [5.41, 5.74) is 7.40. The van der Waals surface area contributed by atoms with Crippen LogP contribution in [0.1, 0.15) is 5.56 Å².